The minimum absolute atomic E-state index is 0.275. The minimum atomic E-state index is -0.275. The Kier molecular flexibility index (Phi) is 3.31. The van der Waals surface area contributed by atoms with Crippen LogP contribution in [0.1, 0.15) is 11.3 Å². The van der Waals surface area contributed by atoms with Crippen LogP contribution in [-0.4, -0.2) is 15.0 Å². The van der Waals surface area contributed by atoms with Crippen LogP contribution >= 0.6 is 15.9 Å². The van der Waals surface area contributed by atoms with E-state index in [1.807, 2.05) is 6.07 Å². The van der Waals surface area contributed by atoms with Gasteiger partial charge in [0.15, 0.2) is 0 Å². The second-order valence-corrected chi connectivity index (χ2v) is 4.30. The van der Waals surface area contributed by atoms with E-state index in [0.717, 1.165) is 11.3 Å². The quantitative estimate of drug-likeness (QED) is 0.933. The number of benzene rings is 1. The Labute approximate surface area is 100 Å². The van der Waals surface area contributed by atoms with Crippen molar-refractivity contribution in [1.82, 2.24) is 15.0 Å². The van der Waals surface area contributed by atoms with Crippen molar-refractivity contribution in [3.05, 3.63) is 45.9 Å². The molecule has 0 saturated heterocycles. The molecule has 0 aliphatic rings. The van der Waals surface area contributed by atoms with E-state index in [1.54, 1.807) is 10.9 Å². The molecule has 1 aromatic carbocycles. The van der Waals surface area contributed by atoms with Gasteiger partial charge in [-0.1, -0.05) is 21.1 Å². The predicted molar refractivity (Wildman–Crippen MR) is 61.1 cm³/mol. The SMILES string of the molecule is NCc1cn(Cc2cc(F)cc(Br)c2)nn1. The third-order valence-corrected chi connectivity index (χ3v) is 2.52. The molecule has 1 aromatic heterocycles. The molecule has 6 heteroatoms. The van der Waals surface area contributed by atoms with Crippen LogP contribution in [-0.2, 0) is 13.1 Å². The fraction of sp³-hybridized carbons (Fsp3) is 0.200. The molecule has 1 heterocycles. The summed E-state index contributed by atoms with van der Waals surface area (Å²) in [5, 5.41) is 7.75. The molecular formula is C10H10BrFN4. The molecule has 2 aromatic rings. The lowest BCUT2D eigenvalue weighted by atomic mass is 10.2. The highest BCUT2D eigenvalue weighted by Gasteiger charge is 2.02. The highest BCUT2D eigenvalue weighted by Crippen LogP contribution is 2.15. The maximum Gasteiger partial charge on any atom is 0.124 e. The van der Waals surface area contributed by atoms with Gasteiger partial charge in [-0.25, -0.2) is 9.07 Å². The normalized spacial score (nSPS) is 10.7. The predicted octanol–water partition coefficient (Wildman–Crippen LogP) is 1.69. The molecular weight excluding hydrogens is 275 g/mol. The molecule has 2 N–H and O–H groups in total. The second-order valence-electron chi connectivity index (χ2n) is 3.39. The van der Waals surface area contributed by atoms with Gasteiger partial charge in [0.25, 0.3) is 0 Å². The first-order valence-electron chi connectivity index (χ1n) is 4.71. The van der Waals surface area contributed by atoms with Gasteiger partial charge in [-0.3, -0.25) is 0 Å². The van der Waals surface area contributed by atoms with E-state index in [9.17, 15) is 4.39 Å². The van der Waals surface area contributed by atoms with E-state index < -0.39 is 0 Å². The summed E-state index contributed by atoms with van der Waals surface area (Å²) in [6.45, 7) is 0.830. The van der Waals surface area contributed by atoms with Gasteiger partial charge in [0.05, 0.1) is 18.4 Å². The number of halogens is 2. The summed E-state index contributed by atoms with van der Waals surface area (Å²) < 4.78 is 15.4. The summed E-state index contributed by atoms with van der Waals surface area (Å²) in [6.07, 6.45) is 1.75. The zero-order valence-electron chi connectivity index (χ0n) is 8.40. The molecule has 0 aliphatic heterocycles. The van der Waals surface area contributed by atoms with Crippen molar-refractivity contribution in [2.45, 2.75) is 13.1 Å². The summed E-state index contributed by atoms with van der Waals surface area (Å²) >= 11 is 3.24. The Balaban J connectivity index is 2.19. The van der Waals surface area contributed by atoms with Crippen molar-refractivity contribution in [2.24, 2.45) is 5.73 Å². The number of hydrogen-bond donors (Lipinski definition) is 1. The third kappa shape index (κ3) is 2.65. The topological polar surface area (TPSA) is 56.7 Å². The van der Waals surface area contributed by atoms with Gasteiger partial charge in [-0.15, -0.1) is 5.10 Å². The van der Waals surface area contributed by atoms with Gasteiger partial charge in [-0.05, 0) is 23.8 Å². The molecule has 0 spiro atoms. The van der Waals surface area contributed by atoms with Gasteiger partial charge in [0, 0.05) is 11.0 Å². The van der Waals surface area contributed by atoms with E-state index in [4.69, 9.17) is 5.73 Å². The summed E-state index contributed by atoms with van der Waals surface area (Å²) in [5.41, 5.74) is 6.96. The Bertz CT molecular complexity index is 477. The standard InChI is InChI=1S/C10H10BrFN4/c11-8-1-7(2-9(12)3-8)5-16-6-10(4-13)14-15-16/h1-3,6H,4-5,13H2. The van der Waals surface area contributed by atoms with Gasteiger partial charge in [0.2, 0.25) is 0 Å². The summed E-state index contributed by atoms with van der Waals surface area (Å²) in [7, 11) is 0. The molecule has 0 radical (unpaired) electrons. The first-order valence-corrected chi connectivity index (χ1v) is 5.51. The van der Waals surface area contributed by atoms with E-state index in [0.29, 0.717) is 17.6 Å². The minimum Gasteiger partial charge on any atom is -0.325 e. The average molecular weight is 285 g/mol. The molecule has 0 unspecified atom stereocenters. The van der Waals surface area contributed by atoms with E-state index in [1.165, 1.54) is 12.1 Å². The van der Waals surface area contributed by atoms with Crippen LogP contribution < -0.4 is 5.73 Å². The zero-order valence-corrected chi connectivity index (χ0v) is 9.98. The second kappa shape index (κ2) is 4.71. The van der Waals surface area contributed by atoms with Crippen LogP contribution in [0, 0.1) is 5.82 Å². The molecule has 0 atom stereocenters. The first kappa shape index (κ1) is 11.2. The Hall–Kier alpha value is -1.27. The largest absolute Gasteiger partial charge is 0.325 e. The van der Waals surface area contributed by atoms with E-state index >= 15 is 0 Å². The number of nitrogens with zero attached hydrogens (tertiary/aromatic N) is 3. The maximum atomic E-state index is 13.1. The van der Waals surface area contributed by atoms with Crippen LogP contribution in [0.5, 0.6) is 0 Å². The lowest BCUT2D eigenvalue weighted by Crippen LogP contribution is -2.01. The van der Waals surface area contributed by atoms with Crippen LogP contribution in [0.2, 0.25) is 0 Å². The molecule has 0 aliphatic carbocycles. The molecule has 84 valence electrons. The lowest BCUT2D eigenvalue weighted by Gasteiger charge is -2.02. The zero-order chi connectivity index (χ0) is 11.5. The van der Waals surface area contributed by atoms with Gasteiger partial charge in [0.1, 0.15) is 5.82 Å². The van der Waals surface area contributed by atoms with Crippen molar-refractivity contribution in [2.75, 3.05) is 0 Å². The monoisotopic (exact) mass is 284 g/mol. The maximum absolute atomic E-state index is 13.1. The smallest absolute Gasteiger partial charge is 0.124 e. The molecule has 0 saturated carbocycles. The fourth-order valence-electron chi connectivity index (χ4n) is 1.40. The number of nitrogens with two attached hydrogens (primary N) is 1. The number of aromatic nitrogens is 3. The van der Waals surface area contributed by atoms with Gasteiger partial charge >= 0.3 is 0 Å². The Morgan fingerprint density at radius 2 is 2.19 bits per heavy atom. The van der Waals surface area contributed by atoms with Crippen LogP contribution in [0.3, 0.4) is 0 Å². The summed E-state index contributed by atoms with van der Waals surface area (Å²) in [5.74, 6) is -0.275. The van der Waals surface area contributed by atoms with Crippen molar-refractivity contribution in [3.63, 3.8) is 0 Å². The number of hydrogen-bond acceptors (Lipinski definition) is 3. The molecule has 0 fully saturated rings. The van der Waals surface area contributed by atoms with Crippen LogP contribution in [0.4, 0.5) is 4.39 Å². The summed E-state index contributed by atoms with van der Waals surface area (Å²) in [6, 6.07) is 4.72. The van der Waals surface area contributed by atoms with E-state index in [-0.39, 0.29) is 5.82 Å². The number of rotatable bonds is 3. The molecule has 16 heavy (non-hydrogen) atoms. The molecule has 0 amide bonds. The Morgan fingerprint density at radius 1 is 1.38 bits per heavy atom. The molecule has 0 bridgehead atoms. The average Bonchev–Trinajstić information content (AvgIpc) is 2.64. The molecule has 2 rings (SSSR count). The van der Waals surface area contributed by atoms with Crippen molar-refractivity contribution in [1.29, 1.82) is 0 Å². The highest BCUT2D eigenvalue weighted by atomic mass is 79.9. The van der Waals surface area contributed by atoms with Crippen LogP contribution in [0.25, 0.3) is 0 Å². The fourth-order valence-corrected chi connectivity index (χ4v) is 1.91. The van der Waals surface area contributed by atoms with Gasteiger partial charge in [-0.2, -0.15) is 0 Å². The lowest BCUT2D eigenvalue weighted by molar-refractivity contribution is 0.613. The highest BCUT2D eigenvalue weighted by molar-refractivity contribution is 9.10. The van der Waals surface area contributed by atoms with Crippen molar-refractivity contribution < 1.29 is 4.39 Å². The third-order valence-electron chi connectivity index (χ3n) is 2.06. The van der Waals surface area contributed by atoms with Crippen LogP contribution in [0.15, 0.2) is 28.9 Å². The van der Waals surface area contributed by atoms with Gasteiger partial charge < -0.3 is 5.73 Å². The van der Waals surface area contributed by atoms with Crippen molar-refractivity contribution >= 4 is 15.9 Å². The summed E-state index contributed by atoms with van der Waals surface area (Å²) in [4.78, 5) is 0. The first-order chi connectivity index (χ1) is 7.67. The van der Waals surface area contributed by atoms with Crippen molar-refractivity contribution in [3.8, 4) is 0 Å². The Morgan fingerprint density at radius 3 is 2.81 bits per heavy atom. The molecule has 4 nitrogen and oxygen atoms in total. The van der Waals surface area contributed by atoms with E-state index in [2.05, 4.69) is 26.2 Å².